The zero-order valence-electron chi connectivity index (χ0n) is 12.6. The van der Waals surface area contributed by atoms with Gasteiger partial charge in [0.15, 0.2) is 0 Å². The highest BCUT2D eigenvalue weighted by atomic mass is 19.1. The van der Waals surface area contributed by atoms with Crippen LogP contribution in [0.4, 0.5) is 8.78 Å². The van der Waals surface area contributed by atoms with E-state index in [0.29, 0.717) is 12.5 Å². The lowest BCUT2D eigenvalue weighted by Gasteiger charge is -2.43. The SMILES string of the molecule is CCCC1CCC(CN)(C(O)c2cc(F)ccc2F)CC1. The molecule has 3 N–H and O–H groups in total. The number of benzene rings is 1. The van der Waals surface area contributed by atoms with E-state index in [9.17, 15) is 13.9 Å². The molecule has 1 atom stereocenters. The third kappa shape index (κ3) is 3.43. The van der Waals surface area contributed by atoms with Crippen LogP contribution in [0, 0.1) is 23.0 Å². The quantitative estimate of drug-likeness (QED) is 0.865. The molecule has 21 heavy (non-hydrogen) atoms. The van der Waals surface area contributed by atoms with Gasteiger partial charge in [0.1, 0.15) is 11.6 Å². The van der Waals surface area contributed by atoms with Crippen molar-refractivity contribution in [2.75, 3.05) is 6.54 Å². The number of aliphatic hydroxyl groups excluding tert-OH is 1. The van der Waals surface area contributed by atoms with Gasteiger partial charge in [-0.2, -0.15) is 0 Å². The lowest BCUT2D eigenvalue weighted by molar-refractivity contribution is -0.0130. The lowest BCUT2D eigenvalue weighted by atomic mass is 9.65. The molecule has 0 saturated heterocycles. The van der Waals surface area contributed by atoms with Gasteiger partial charge in [0.2, 0.25) is 0 Å². The maximum absolute atomic E-state index is 13.9. The highest BCUT2D eigenvalue weighted by Crippen LogP contribution is 2.48. The topological polar surface area (TPSA) is 46.2 Å². The van der Waals surface area contributed by atoms with E-state index in [0.717, 1.165) is 50.3 Å². The maximum Gasteiger partial charge on any atom is 0.129 e. The minimum Gasteiger partial charge on any atom is -0.388 e. The van der Waals surface area contributed by atoms with Gasteiger partial charge in [-0.15, -0.1) is 0 Å². The number of nitrogens with two attached hydrogens (primary N) is 1. The van der Waals surface area contributed by atoms with Crippen molar-refractivity contribution in [1.82, 2.24) is 0 Å². The van der Waals surface area contributed by atoms with Gasteiger partial charge in [0.05, 0.1) is 6.10 Å². The number of aliphatic hydroxyl groups is 1. The number of hydrogen-bond donors (Lipinski definition) is 2. The number of rotatable bonds is 5. The molecule has 0 spiro atoms. The average Bonchev–Trinajstić information content (AvgIpc) is 2.50. The molecule has 1 aliphatic rings. The smallest absolute Gasteiger partial charge is 0.129 e. The number of hydrogen-bond acceptors (Lipinski definition) is 2. The molecule has 0 amide bonds. The molecule has 118 valence electrons. The van der Waals surface area contributed by atoms with Gasteiger partial charge in [-0.05, 0) is 49.8 Å². The minimum atomic E-state index is -1.04. The predicted molar refractivity (Wildman–Crippen MR) is 79.7 cm³/mol. The first-order valence-electron chi connectivity index (χ1n) is 7.85. The Kier molecular flexibility index (Phi) is 5.33. The van der Waals surface area contributed by atoms with Gasteiger partial charge >= 0.3 is 0 Å². The molecule has 2 nitrogen and oxygen atoms in total. The Morgan fingerprint density at radius 3 is 2.57 bits per heavy atom. The second-order valence-corrected chi connectivity index (χ2v) is 6.37. The molecular weight excluding hydrogens is 272 g/mol. The molecule has 4 heteroatoms. The molecule has 0 radical (unpaired) electrons. The van der Waals surface area contributed by atoms with E-state index in [1.165, 1.54) is 6.42 Å². The summed E-state index contributed by atoms with van der Waals surface area (Å²) in [6.07, 6.45) is 4.84. The fraction of sp³-hybridized carbons (Fsp3) is 0.647. The summed E-state index contributed by atoms with van der Waals surface area (Å²) in [5, 5.41) is 10.6. The molecule has 1 aromatic carbocycles. The monoisotopic (exact) mass is 297 g/mol. The van der Waals surface area contributed by atoms with Gasteiger partial charge in [-0.25, -0.2) is 8.78 Å². The van der Waals surface area contributed by atoms with Crippen molar-refractivity contribution in [3.05, 3.63) is 35.4 Å². The Morgan fingerprint density at radius 1 is 1.33 bits per heavy atom. The molecule has 0 aromatic heterocycles. The van der Waals surface area contributed by atoms with E-state index in [1.54, 1.807) is 0 Å². The standard InChI is InChI=1S/C17H25F2NO/c1-2-3-12-6-8-17(11-20,9-7-12)16(21)14-10-13(18)4-5-15(14)19/h4-5,10,12,16,21H,2-3,6-9,11,20H2,1H3. The van der Waals surface area contributed by atoms with E-state index in [1.807, 2.05) is 0 Å². The Bertz CT molecular complexity index is 470. The third-order valence-corrected chi connectivity index (χ3v) is 5.04. The molecule has 1 unspecified atom stereocenters. The molecular formula is C17H25F2NO. The van der Waals surface area contributed by atoms with Crippen LogP contribution in [-0.2, 0) is 0 Å². The Hall–Kier alpha value is -1.00. The van der Waals surface area contributed by atoms with Crippen molar-refractivity contribution in [3.63, 3.8) is 0 Å². The zero-order chi connectivity index (χ0) is 15.5. The van der Waals surface area contributed by atoms with Crippen molar-refractivity contribution in [1.29, 1.82) is 0 Å². The Balaban J connectivity index is 2.19. The van der Waals surface area contributed by atoms with Crippen LogP contribution < -0.4 is 5.73 Å². The van der Waals surface area contributed by atoms with Crippen molar-refractivity contribution in [2.24, 2.45) is 17.1 Å². The van der Waals surface area contributed by atoms with Crippen LogP contribution in [0.3, 0.4) is 0 Å². The van der Waals surface area contributed by atoms with Crippen molar-refractivity contribution in [3.8, 4) is 0 Å². The largest absolute Gasteiger partial charge is 0.388 e. The summed E-state index contributed by atoms with van der Waals surface area (Å²) in [6, 6.07) is 3.23. The minimum absolute atomic E-state index is 0.0365. The predicted octanol–water partition coefficient (Wildman–Crippen LogP) is 3.93. The molecule has 0 bridgehead atoms. The van der Waals surface area contributed by atoms with E-state index in [2.05, 4.69) is 6.92 Å². The molecule has 1 aromatic rings. The summed E-state index contributed by atoms with van der Waals surface area (Å²) >= 11 is 0. The lowest BCUT2D eigenvalue weighted by Crippen LogP contribution is -2.40. The summed E-state index contributed by atoms with van der Waals surface area (Å²) in [6.45, 7) is 2.46. The van der Waals surface area contributed by atoms with Gasteiger partial charge in [0.25, 0.3) is 0 Å². The first-order valence-corrected chi connectivity index (χ1v) is 7.85. The second kappa shape index (κ2) is 6.84. The summed E-state index contributed by atoms with van der Waals surface area (Å²) in [5.41, 5.74) is 5.42. The van der Waals surface area contributed by atoms with E-state index >= 15 is 0 Å². The average molecular weight is 297 g/mol. The fourth-order valence-electron chi connectivity index (χ4n) is 3.59. The first-order chi connectivity index (χ1) is 10.0. The van der Waals surface area contributed by atoms with Gasteiger partial charge < -0.3 is 10.8 Å². The van der Waals surface area contributed by atoms with Crippen LogP contribution >= 0.6 is 0 Å². The highest BCUT2D eigenvalue weighted by Gasteiger charge is 2.41. The van der Waals surface area contributed by atoms with Crippen molar-refractivity contribution in [2.45, 2.75) is 51.6 Å². The van der Waals surface area contributed by atoms with E-state index in [-0.39, 0.29) is 5.56 Å². The Morgan fingerprint density at radius 2 is 2.00 bits per heavy atom. The molecule has 0 heterocycles. The van der Waals surface area contributed by atoms with Crippen LogP contribution in [0.2, 0.25) is 0 Å². The van der Waals surface area contributed by atoms with Gasteiger partial charge in [-0.1, -0.05) is 19.8 Å². The van der Waals surface area contributed by atoms with Crippen LogP contribution in [0.25, 0.3) is 0 Å². The van der Waals surface area contributed by atoms with Crippen molar-refractivity contribution < 1.29 is 13.9 Å². The van der Waals surface area contributed by atoms with Crippen LogP contribution in [-0.4, -0.2) is 11.7 Å². The maximum atomic E-state index is 13.9. The molecule has 1 fully saturated rings. The van der Waals surface area contributed by atoms with E-state index in [4.69, 9.17) is 5.73 Å². The van der Waals surface area contributed by atoms with Gasteiger partial charge in [0, 0.05) is 17.5 Å². The molecule has 1 saturated carbocycles. The van der Waals surface area contributed by atoms with Crippen molar-refractivity contribution >= 4 is 0 Å². The van der Waals surface area contributed by atoms with Crippen LogP contribution in [0.15, 0.2) is 18.2 Å². The first kappa shape index (κ1) is 16.4. The summed E-state index contributed by atoms with van der Waals surface area (Å²) in [7, 11) is 0. The molecule has 1 aliphatic carbocycles. The summed E-state index contributed by atoms with van der Waals surface area (Å²) in [5.74, 6) is -0.427. The number of halogens is 2. The Labute approximate surface area is 125 Å². The van der Waals surface area contributed by atoms with Crippen LogP contribution in [0.1, 0.15) is 57.1 Å². The van der Waals surface area contributed by atoms with E-state index < -0.39 is 23.2 Å². The van der Waals surface area contributed by atoms with Gasteiger partial charge in [-0.3, -0.25) is 0 Å². The summed E-state index contributed by atoms with van der Waals surface area (Å²) in [4.78, 5) is 0. The highest BCUT2D eigenvalue weighted by molar-refractivity contribution is 5.23. The summed E-state index contributed by atoms with van der Waals surface area (Å²) < 4.78 is 27.3. The molecule has 0 aliphatic heterocycles. The second-order valence-electron chi connectivity index (χ2n) is 6.37. The fourth-order valence-corrected chi connectivity index (χ4v) is 3.59. The normalized spacial score (nSPS) is 27.6. The van der Waals surface area contributed by atoms with Crippen LogP contribution in [0.5, 0.6) is 0 Å². The molecule has 2 rings (SSSR count). The third-order valence-electron chi connectivity index (χ3n) is 5.04. The zero-order valence-corrected chi connectivity index (χ0v) is 12.6.